The minimum Gasteiger partial charge on any atom is -0.345 e. The number of imidazole rings is 1. The molecule has 0 amide bonds. The molecule has 0 fully saturated rings. The maximum Gasteiger partial charge on any atom is 0.0931 e. The molecule has 1 aliphatic rings. The van der Waals surface area contributed by atoms with Crippen molar-refractivity contribution in [2.45, 2.75) is 25.4 Å². The van der Waals surface area contributed by atoms with Crippen LogP contribution in [0.25, 0.3) is 32.2 Å². The standard InChI is InChI=1S/C25H21N3S.2ClH/c1-2-4-17-10-21(9-16(17)3-1)26-13-20-14-29-25-8-6-18(11-22(20)25)19-5-7-23-24(12-19)28-15-27-23;;/h1-8,11-12,14-15,21,26H,9-10,13H2,(H,27,28);2*1H. The van der Waals surface area contributed by atoms with Gasteiger partial charge in [0.15, 0.2) is 0 Å². The van der Waals surface area contributed by atoms with Gasteiger partial charge in [-0.15, -0.1) is 36.2 Å². The van der Waals surface area contributed by atoms with Gasteiger partial charge in [-0.3, -0.25) is 0 Å². The van der Waals surface area contributed by atoms with E-state index in [1.54, 1.807) is 6.33 Å². The van der Waals surface area contributed by atoms with Crippen molar-refractivity contribution in [1.82, 2.24) is 15.3 Å². The fraction of sp³-hybridized carbons (Fsp3) is 0.160. The molecule has 6 rings (SSSR count). The summed E-state index contributed by atoms with van der Waals surface area (Å²) in [6.45, 7) is 0.918. The van der Waals surface area contributed by atoms with Gasteiger partial charge in [0.2, 0.25) is 0 Å². The topological polar surface area (TPSA) is 40.7 Å². The lowest BCUT2D eigenvalue weighted by molar-refractivity contribution is 0.534. The van der Waals surface area contributed by atoms with Crippen molar-refractivity contribution in [3.63, 3.8) is 0 Å². The van der Waals surface area contributed by atoms with E-state index in [-0.39, 0.29) is 24.8 Å². The lowest BCUT2D eigenvalue weighted by atomic mass is 10.0. The van der Waals surface area contributed by atoms with Gasteiger partial charge in [-0.2, -0.15) is 0 Å². The van der Waals surface area contributed by atoms with Gasteiger partial charge >= 0.3 is 0 Å². The molecule has 0 saturated heterocycles. The second kappa shape index (κ2) is 9.01. The van der Waals surface area contributed by atoms with Crippen molar-refractivity contribution in [3.8, 4) is 11.1 Å². The van der Waals surface area contributed by atoms with Crippen LogP contribution in [0.5, 0.6) is 0 Å². The van der Waals surface area contributed by atoms with Crippen LogP contribution in [0.2, 0.25) is 0 Å². The Morgan fingerprint density at radius 3 is 2.48 bits per heavy atom. The Balaban J connectivity index is 0.00000116. The van der Waals surface area contributed by atoms with E-state index in [0.29, 0.717) is 6.04 Å². The Hall–Kier alpha value is -2.37. The smallest absolute Gasteiger partial charge is 0.0931 e. The summed E-state index contributed by atoms with van der Waals surface area (Å²) in [6, 6.07) is 22.6. The third-order valence-electron chi connectivity index (χ3n) is 6.04. The Labute approximate surface area is 197 Å². The molecule has 6 heteroatoms. The van der Waals surface area contributed by atoms with Crippen LogP contribution in [0.1, 0.15) is 16.7 Å². The molecule has 2 heterocycles. The molecular weight excluding hydrogens is 445 g/mol. The Morgan fingerprint density at radius 1 is 0.935 bits per heavy atom. The second-order valence-electron chi connectivity index (χ2n) is 7.86. The summed E-state index contributed by atoms with van der Waals surface area (Å²) in [4.78, 5) is 7.54. The van der Waals surface area contributed by atoms with E-state index < -0.39 is 0 Å². The number of benzene rings is 3. The fourth-order valence-corrected chi connectivity index (χ4v) is 5.41. The van der Waals surface area contributed by atoms with Gasteiger partial charge in [0, 0.05) is 17.3 Å². The maximum atomic E-state index is 4.32. The number of aromatic amines is 1. The fourth-order valence-electron chi connectivity index (χ4n) is 4.47. The first-order chi connectivity index (χ1) is 14.3. The molecule has 0 bridgehead atoms. The molecule has 0 unspecified atom stereocenters. The minimum absolute atomic E-state index is 0. The predicted octanol–water partition coefficient (Wildman–Crippen LogP) is 6.55. The third kappa shape index (κ3) is 4.09. The first-order valence-corrected chi connectivity index (χ1v) is 11.0. The zero-order valence-corrected chi connectivity index (χ0v) is 19.2. The van der Waals surface area contributed by atoms with Crippen LogP contribution in [0, 0.1) is 0 Å². The largest absolute Gasteiger partial charge is 0.345 e. The molecule has 2 N–H and O–H groups in total. The van der Waals surface area contributed by atoms with Crippen molar-refractivity contribution < 1.29 is 0 Å². The Morgan fingerprint density at radius 2 is 1.68 bits per heavy atom. The van der Waals surface area contributed by atoms with Crippen molar-refractivity contribution in [3.05, 3.63) is 89.1 Å². The molecule has 3 nitrogen and oxygen atoms in total. The number of halogens is 2. The van der Waals surface area contributed by atoms with Gasteiger partial charge in [0.05, 0.1) is 17.4 Å². The summed E-state index contributed by atoms with van der Waals surface area (Å²) in [5.41, 5.74) is 8.95. The van der Waals surface area contributed by atoms with Crippen LogP contribution in [0.4, 0.5) is 0 Å². The van der Waals surface area contributed by atoms with Gasteiger partial charge in [0.1, 0.15) is 0 Å². The van der Waals surface area contributed by atoms with E-state index in [9.17, 15) is 0 Å². The Bertz CT molecular complexity index is 1320. The van der Waals surface area contributed by atoms with Gasteiger partial charge in [-0.05, 0) is 75.7 Å². The molecule has 0 aliphatic heterocycles. The average Bonchev–Trinajstić information content (AvgIpc) is 3.48. The highest BCUT2D eigenvalue weighted by Crippen LogP contribution is 2.32. The zero-order chi connectivity index (χ0) is 19.2. The molecule has 0 radical (unpaired) electrons. The first-order valence-electron chi connectivity index (χ1n) is 10.1. The van der Waals surface area contributed by atoms with E-state index in [4.69, 9.17) is 0 Å². The summed E-state index contributed by atoms with van der Waals surface area (Å²) in [5, 5.41) is 7.46. The van der Waals surface area contributed by atoms with Gasteiger partial charge in [-0.1, -0.05) is 36.4 Å². The summed E-state index contributed by atoms with van der Waals surface area (Å²) >= 11 is 1.84. The third-order valence-corrected chi connectivity index (χ3v) is 7.05. The molecule has 0 spiro atoms. The highest BCUT2D eigenvalue weighted by Gasteiger charge is 2.20. The number of hydrogen-bond acceptors (Lipinski definition) is 3. The summed E-state index contributed by atoms with van der Waals surface area (Å²) < 4.78 is 1.35. The molecular formula is C25H23Cl2N3S. The number of nitrogens with zero attached hydrogens (tertiary/aromatic N) is 1. The molecule has 158 valence electrons. The molecule has 1 aliphatic carbocycles. The predicted molar refractivity (Wildman–Crippen MR) is 136 cm³/mol. The zero-order valence-electron chi connectivity index (χ0n) is 16.8. The number of fused-ring (bicyclic) bond motifs is 3. The number of aromatic nitrogens is 2. The number of nitrogens with one attached hydrogen (secondary N) is 2. The van der Waals surface area contributed by atoms with Crippen molar-refractivity contribution in [2.75, 3.05) is 0 Å². The van der Waals surface area contributed by atoms with E-state index >= 15 is 0 Å². The minimum atomic E-state index is 0. The molecule has 31 heavy (non-hydrogen) atoms. The van der Waals surface area contributed by atoms with Crippen LogP contribution in [-0.2, 0) is 19.4 Å². The average molecular weight is 468 g/mol. The van der Waals surface area contributed by atoms with Crippen LogP contribution >= 0.6 is 36.2 Å². The number of rotatable bonds is 4. The van der Waals surface area contributed by atoms with Gasteiger partial charge in [0.25, 0.3) is 0 Å². The molecule has 3 aromatic carbocycles. The van der Waals surface area contributed by atoms with Crippen molar-refractivity contribution in [2.24, 2.45) is 0 Å². The normalized spacial score (nSPS) is 13.2. The number of thiophene rings is 1. The Kier molecular flexibility index (Phi) is 6.35. The van der Waals surface area contributed by atoms with E-state index in [0.717, 1.165) is 30.4 Å². The second-order valence-corrected chi connectivity index (χ2v) is 8.77. The van der Waals surface area contributed by atoms with Crippen LogP contribution < -0.4 is 5.32 Å². The summed E-state index contributed by atoms with van der Waals surface area (Å²) in [6.07, 6.45) is 4.02. The highest BCUT2D eigenvalue weighted by atomic mass is 35.5. The van der Waals surface area contributed by atoms with Gasteiger partial charge < -0.3 is 10.3 Å². The molecule has 0 saturated carbocycles. The number of hydrogen-bond donors (Lipinski definition) is 2. The van der Waals surface area contributed by atoms with Crippen LogP contribution in [-0.4, -0.2) is 16.0 Å². The molecule has 0 atom stereocenters. The van der Waals surface area contributed by atoms with Crippen LogP contribution in [0.3, 0.4) is 0 Å². The van der Waals surface area contributed by atoms with E-state index in [1.807, 2.05) is 11.3 Å². The van der Waals surface area contributed by atoms with Crippen LogP contribution in [0.15, 0.2) is 72.4 Å². The molecule has 5 aromatic rings. The SMILES string of the molecule is Cl.Cl.c1ccc2c(c1)CC(NCc1csc3ccc(-c4ccc5nc[nH]c5c4)cc13)C2. The maximum absolute atomic E-state index is 4.32. The van der Waals surface area contributed by atoms with E-state index in [1.165, 1.54) is 37.9 Å². The van der Waals surface area contributed by atoms with E-state index in [2.05, 4.69) is 81.3 Å². The quantitative estimate of drug-likeness (QED) is 0.314. The lowest BCUT2D eigenvalue weighted by Gasteiger charge is -2.11. The first kappa shape index (κ1) is 21.8. The number of H-pyrrole nitrogens is 1. The molecule has 2 aromatic heterocycles. The monoisotopic (exact) mass is 467 g/mol. The lowest BCUT2D eigenvalue weighted by Crippen LogP contribution is -2.28. The van der Waals surface area contributed by atoms with Gasteiger partial charge in [-0.25, -0.2) is 4.98 Å². The summed E-state index contributed by atoms with van der Waals surface area (Å²) in [7, 11) is 0. The van der Waals surface area contributed by atoms with Crippen molar-refractivity contribution >= 4 is 57.3 Å². The summed E-state index contributed by atoms with van der Waals surface area (Å²) in [5.74, 6) is 0. The highest BCUT2D eigenvalue weighted by molar-refractivity contribution is 7.17. The van der Waals surface area contributed by atoms with Crippen molar-refractivity contribution in [1.29, 1.82) is 0 Å².